The van der Waals surface area contributed by atoms with Gasteiger partial charge >= 0.3 is 5.97 Å². The van der Waals surface area contributed by atoms with Crippen molar-refractivity contribution in [3.05, 3.63) is 65.2 Å². The number of aromatic hydroxyl groups is 1. The Labute approximate surface area is 191 Å². The lowest BCUT2D eigenvalue weighted by Gasteiger charge is -2.30. The van der Waals surface area contributed by atoms with E-state index in [0.29, 0.717) is 5.56 Å². The van der Waals surface area contributed by atoms with Crippen LogP contribution in [0.15, 0.2) is 48.5 Å². The van der Waals surface area contributed by atoms with Gasteiger partial charge in [0.15, 0.2) is 12.1 Å². The summed E-state index contributed by atoms with van der Waals surface area (Å²) < 4.78 is 5.47. The number of hydrogen-bond acceptors (Lipinski definition) is 6. The van der Waals surface area contributed by atoms with Gasteiger partial charge in [0.2, 0.25) is 0 Å². The maximum absolute atomic E-state index is 13.2. The van der Waals surface area contributed by atoms with E-state index in [2.05, 4.69) is 5.32 Å². The molecule has 2 aromatic carbocycles. The number of aliphatic hydroxyl groups excluding tert-OH is 1. The Kier molecular flexibility index (Phi) is 7.04. The van der Waals surface area contributed by atoms with Crippen molar-refractivity contribution < 1.29 is 34.4 Å². The Balaban J connectivity index is 1.88. The first-order valence-electron chi connectivity index (χ1n) is 10.5. The van der Waals surface area contributed by atoms with Crippen LogP contribution < -0.4 is 5.32 Å². The van der Waals surface area contributed by atoms with Crippen LogP contribution in [0, 0.1) is 6.92 Å². The predicted molar refractivity (Wildman–Crippen MR) is 119 cm³/mol. The van der Waals surface area contributed by atoms with E-state index in [1.54, 1.807) is 45.0 Å². The number of carbonyl (C=O) groups excluding carboxylic acids is 2. The first kappa shape index (κ1) is 24.2. The average Bonchev–Trinajstić information content (AvgIpc) is 3.10. The van der Waals surface area contributed by atoms with E-state index in [1.165, 1.54) is 18.2 Å². The Morgan fingerprint density at radius 3 is 2.45 bits per heavy atom. The summed E-state index contributed by atoms with van der Waals surface area (Å²) in [6, 6.07) is 11.1. The fourth-order valence-corrected chi connectivity index (χ4v) is 3.95. The molecule has 4 N–H and O–H groups in total. The fraction of sp³-hybridized carbons (Fsp3) is 0.375. The van der Waals surface area contributed by atoms with Gasteiger partial charge in [-0.05, 0) is 44.9 Å². The molecule has 2 amide bonds. The van der Waals surface area contributed by atoms with Crippen molar-refractivity contribution in [1.82, 2.24) is 10.2 Å². The van der Waals surface area contributed by atoms with Gasteiger partial charge in [0.05, 0.1) is 11.6 Å². The molecule has 1 fully saturated rings. The lowest BCUT2D eigenvalue weighted by molar-refractivity contribution is -0.154. The Morgan fingerprint density at radius 1 is 1.15 bits per heavy atom. The number of aliphatic hydroxyl groups is 1. The largest absolute Gasteiger partial charge is 0.508 e. The number of ether oxygens (including phenoxy) is 1. The monoisotopic (exact) mass is 456 g/mol. The molecule has 1 unspecified atom stereocenters. The molecule has 2 aromatic rings. The molecule has 1 heterocycles. The smallest absolute Gasteiger partial charge is 0.329 e. The zero-order chi connectivity index (χ0) is 24.3. The molecule has 9 heteroatoms. The number of aliphatic carboxylic acids is 1. The van der Waals surface area contributed by atoms with Crippen molar-refractivity contribution in [2.24, 2.45) is 0 Å². The molecule has 0 aromatic heterocycles. The number of nitrogens with one attached hydrogen (secondary N) is 1. The number of amides is 2. The van der Waals surface area contributed by atoms with Crippen molar-refractivity contribution in [1.29, 1.82) is 0 Å². The lowest BCUT2D eigenvalue weighted by Crippen LogP contribution is -2.57. The van der Waals surface area contributed by atoms with Crippen molar-refractivity contribution in [2.45, 2.75) is 51.0 Å². The number of carboxylic acid groups (broad SMARTS) is 1. The number of benzene rings is 2. The summed E-state index contributed by atoms with van der Waals surface area (Å²) >= 11 is 0. The molecule has 0 saturated carbocycles. The van der Waals surface area contributed by atoms with Gasteiger partial charge in [-0.2, -0.15) is 0 Å². The summed E-state index contributed by atoms with van der Waals surface area (Å²) in [6.07, 6.45) is -1.61. The Morgan fingerprint density at radius 2 is 1.82 bits per heavy atom. The van der Waals surface area contributed by atoms with E-state index in [0.717, 1.165) is 10.5 Å². The number of carbonyl (C=O) groups is 3. The van der Waals surface area contributed by atoms with Crippen molar-refractivity contribution >= 4 is 17.8 Å². The standard InChI is InChI=1S/C24H28N2O7/c1-14-16(10-7-11-18(14)27)21(29)25-17(12-15-8-5-4-6-9-15)19(28)22(30)26-13-33-24(2,3)20(26)23(31)32/h4-11,17,19-20,27-28H,12-13H2,1-3H3,(H,25,29)(H,31,32)/t17-,19-,20?/m0/s1. The van der Waals surface area contributed by atoms with Gasteiger partial charge in [-0.3, -0.25) is 9.59 Å². The number of carboxylic acids is 1. The number of phenolic OH excluding ortho intramolecular Hbond substituents is 1. The van der Waals surface area contributed by atoms with Gasteiger partial charge in [-0.1, -0.05) is 36.4 Å². The van der Waals surface area contributed by atoms with Gasteiger partial charge < -0.3 is 30.3 Å². The summed E-state index contributed by atoms with van der Waals surface area (Å²) in [5, 5.41) is 33.2. The van der Waals surface area contributed by atoms with E-state index in [4.69, 9.17) is 4.74 Å². The molecule has 3 atom stereocenters. The summed E-state index contributed by atoms with van der Waals surface area (Å²) in [5.41, 5.74) is 0.171. The zero-order valence-electron chi connectivity index (χ0n) is 18.7. The molecular weight excluding hydrogens is 428 g/mol. The zero-order valence-corrected chi connectivity index (χ0v) is 18.7. The second kappa shape index (κ2) is 9.60. The van der Waals surface area contributed by atoms with Crippen molar-refractivity contribution in [3.63, 3.8) is 0 Å². The molecule has 0 aliphatic carbocycles. The minimum absolute atomic E-state index is 0.0559. The molecule has 33 heavy (non-hydrogen) atoms. The van der Waals surface area contributed by atoms with E-state index in [1.807, 2.05) is 6.07 Å². The van der Waals surface area contributed by atoms with Crippen LogP contribution in [0.5, 0.6) is 5.75 Å². The van der Waals surface area contributed by atoms with Crippen LogP contribution in [0.4, 0.5) is 0 Å². The van der Waals surface area contributed by atoms with Crippen LogP contribution >= 0.6 is 0 Å². The lowest BCUT2D eigenvalue weighted by atomic mass is 9.96. The van der Waals surface area contributed by atoms with Crippen LogP contribution in [-0.2, 0) is 20.7 Å². The minimum atomic E-state index is -1.73. The van der Waals surface area contributed by atoms with Gasteiger partial charge in [-0.25, -0.2) is 4.79 Å². The SMILES string of the molecule is Cc1c(O)cccc1C(=O)N[C@@H](Cc1ccccc1)[C@H](O)C(=O)N1COC(C)(C)C1C(=O)O. The third-order valence-electron chi connectivity index (χ3n) is 5.86. The third-order valence-corrected chi connectivity index (χ3v) is 5.86. The van der Waals surface area contributed by atoms with Crippen molar-refractivity contribution in [3.8, 4) is 5.75 Å². The van der Waals surface area contributed by atoms with E-state index in [-0.39, 0.29) is 24.5 Å². The molecule has 1 aliphatic rings. The molecule has 0 bridgehead atoms. The van der Waals surface area contributed by atoms with Gasteiger partial charge in [-0.15, -0.1) is 0 Å². The first-order chi connectivity index (χ1) is 15.5. The Hall–Kier alpha value is -3.43. The predicted octanol–water partition coefficient (Wildman–Crippen LogP) is 1.45. The fourth-order valence-electron chi connectivity index (χ4n) is 3.95. The Bertz CT molecular complexity index is 1040. The maximum atomic E-state index is 13.2. The van der Waals surface area contributed by atoms with Gasteiger partial charge in [0, 0.05) is 11.1 Å². The maximum Gasteiger partial charge on any atom is 0.329 e. The quantitative estimate of drug-likeness (QED) is 0.495. The molecule has 1 aliphatic heterocycles. The van der Waals surface area contributed by atoms with Crippen LogP contribution in [-0.4, -0.2) is 68.5 Å². The second-order valence-corrected chi connectivity index (χ2v) is 8.59. The van der Waals surface area contributed by atoms with E-state index >= 15 is 0 Å². The number of hydrogen-bond donors (Lipinski definition) is 4. The molecule has 9 nitrogen and oxygen atoms in total. The van der Waals surface area contributed by atoms with Gasteiger partial charge in [0.1, 0.15) is 12.5 Å². The second-order valence-electron chi connectivity index (χ2n) is 8.59. The van der Waals surface area contributed by atoms with Crippen LogP contribution in [0.25, 0.3) is 0 Å². The van der Waals surface area contributed by atoms with E-state index in [9.17, 15) is 29.7 Å². The topological polar surface area (TPSA) is 136 Å². The van der Waals surface area contributed by atoms with Crippen LogP contribution in [0.2, 0.25) is 0 Å². The highest BCUT2D eigenvalue weighted by Crippen LogP contribution is 2.29. The average molecular weight is 456 g/mol. The van der Waals surface area contributed by atoms with Crippen LogP contribution in [0.1, 0.15) is 35.3 Å². The normalized spacial score (nSPS) is 19.0. The molecular formula is C24H28N2O7. The van der Waals surface area contributed by atoms with E-state index < -0.39 is 41.6 Å². The molecule has 3 rings (SSSR count). The molecule has 176 valence electrons. The highest BCUT2D eigenvalue weighted by Gasteiger charge is 2.50. The summed E-state index contributed by atoms with van der Waals surface area (Å²) in [6.45, 7) is 4.40. The molecule has 0 radical (unpaired) electrons. The molecule has 1 saturated heterocycles. The highest BCUT2D eigenvalue weighted by atomic mass is 16.5. The molecule has 0 spiro atoms. The summed E-state index contributed by atoms with van der Waals surface area (Å²) in [4.78, 5) is 38.9. The van der Waals surface area contributed by atoms with Crippen LogP contribution in [0.3, 0.4) is 0 Å². The number of rotatable bonds is 7. The van der Waals surface area contributed by atoms with Gasteiger partial charge in [0.25, 0.3) is 11.8 Å². The van der Waals surface area contributed by atoms with Crippen molar-refractivity contribution in [2.75, 3.05) is 6.73 Å². The minimum Gasteiger partial charge on any atom is -0.508 e. The summed E-state index contributed by atoms with van der Waals surface area (Å²) in [5.74, 6) is -2.75. The first-order valence-corrected chi connectivity index (χ1v) is 10.5. The number of nitrogens with zero attached hydrogens (tertiary/aromatic N) is 1. The number of phenols is 1. The summed E-state index contributed by atoms with van der Waals surface area (Å²) in [7, 11) is 0. The third kappa shape index (κ3) is 5.15. The highest BCUT2D eigenvalue weighted by molar-refractivity contribution is 5.97.